The third-order valence-corrected chi connectivity index (χ3v) is 8.97. The minimum Gasteiger partial charge on any atom is -0.487 e. The van der Waals surface area contributed by atoms with Crippen molar-refractivity contribution >= 4 is 56.9 Å². The van der Waals surface area contributed by atoms with E-state index in [1.54, 1.807) is 24.3 Å². The summed E-state index contributed by atoms with van der Waals surface area (Å²) < 4.78 is 20.8. The zero-order chi connectivity index (χ0) is 34.9. The number of carboxylic acids is 1. The highest BCUT2D eigenvalue weighted by Crippen LogP contribution is 2.29. The monoisotopic (exact) mass is 700 g/mol. The maximum Gasteiger partial charge on any atom is 0.305 e. The van der Waals surface area contributed by atoms with Gasteiger partial charge in [0.25, 0.3) is 0 Å². The van der Waals surface area contributed by atoms with Crippen LogP contribution in [0.15, 0.2) is 97.1 Å². The van der Waals surface area contributed by atoms with E-state index in [2.05, 4.69) is 21.3 Å². The van der Waals surface area contributed by atoms with Crippen molar-refractivity contribution in [3.05, 3.63) is 130 Å². The summed E-state index contributed by atoms with van der Waals surface area (Å²) in [5.74, 6) is 0.479. The summed E-state index contributed by atoms with van der Waals surface area (Å²) in [6.07, 6.45) is 1.55. The van der Waals surface area contributed by atoms with Crippen molar-refractivity contribution in [1.82, 2.24) is 9.13 Å². The van der Waals surface area contributed by atoms with E-state index in [1.807, 2.05) is 74.8 Å². The average Bonchev–Trinajstić information content (AvgIpc) is 3.54. The van der Waals surface area contributed by atoms with Gasteiger partial charge in [0.05, 0.1) is 18.5 Å². The summed E-state index contributed by atoms with van der Waals surface area (Å²) >= 11 is 11.8. The van der Waals surface area contributed by atoms with E-state index in [4.69, 9.17) is 42.5 Å². The van der Waals surface area contributed by atoms with Crippen LogP contribution in [0.3, 0.4) is 0 Å². The molecule has 2 aromatic heterocycles. The van der Waals surface area contributed by atoms with Gasteiger partial charge < -0.3 is 28.5 Å². The molecular weight excluding hydrogens is 663 g/mol. The smallest absolute Gasteiger partial charge is 0.305 e. The Hall–Kier alpha value is -4.92. The number of hydrogen-bond acceptors (Lipinski definition) is 5. The van der Waals surface area contributed by atoms with E-state index in [0.29, 0.717) is 42.5 Å². The number of aromatic nitrogens is 2. The second-order valence-corrected chi connectivity index (χ2v) is 12.3. The number of methoxy groups -OCH3 is 1. The number of ether oxygens (including phenoxy) is 3. The normalized spacial score (nSPS) is 10.9. The lowest BCUT2D eigenvalue weighted by molar-refractivity contribution is -0.140. The number of carbonyl (C=O) groups excluding carboxylic acids is 1. The number of carboxylic acid groups (broad SMARTS) is 1. The number of carbonyl (C=O) groups is 2. The molecular formula is C39H38Cl2N2O6. The fourth-order valence-electron chi connectivity index (χ4n) is 5.90. The molecule has 0 aliphatic heterocycles. The van der Waals surface area contributed by atoms with Crippen molar-refractivity contribution in [1.29, 1.82) is 0 Å². The van der Waals surface area contributed by atoms with E-state index >= 15 is 0 Å². The zero-order valence-electron chi connectivity index (χ0n) is 27.6. The molecule has 8 nitrogen and oxygen atoms in total. The van der Waals surface area contributed by atoms with Crippen molar-refractivity contribution in [2.24, 2.45) is 14.1 Å². The van der Waals surface area contributed by atoms with E-state index in [-0.39, 0.29) is 12.4 Å². The van der Waals surface area contributed by atoms with Gasteiger partial charge in [0.15, 0.2) is 0 Å². The first-order chi connectivity index (χ1) is 23.7. The molecule has 0 aliphatic carbocycles. The van der Waals surface area contributed by atoms with Crippen molar-refractivity contribution in [3.8, 4) is 11.5 Å². The molecule has 0 spiro atoms. The molecule has 4 aromatic carbocycles. The van der Waals surface area contributed by atoms with Crippen LogP contribution in [0.4, 0.5) is 0 Å². The fraction of sp³-hybridized carbons (Fsp3) is 0.231. The van der Waals surface area contributed by atoms with Crippen LogP contribution in [-0.4, -0.2) is 33.3 Å². The number of esters is 1. The first-order valence-corrected chi connectivity index (χ1v) is 16.6. The van der Waals surface area contributed by atoms with Gasteiger partial charge >= 0.3 is 11.9 Å². The van der Waals surface area contributed by atoms with Gasteiger partial charge in [-0.1, -0.05) is 59.6 Å². The lowest BCUT2D eigenvalue weighted by Gasteiger charge is -2.10. The number of aryl methyl sites for hydroxylation is 4. The number of para-hydroxylation sites is 2. The minimum atomic E-state index is -0.799. The summed E-state index contributed by atoms with van der Waals surface area (Å²) in [4.78, 5) is 22.6. The number of hydrogen-bond donors (Lipinski definition) is 1. The van der Waals surface area contributed by atoms with E-state index in [0.717, 1.165) is 55.8 Å². The van der Waals surface area contributed by atoms with Gasteiger partial charge in [0.2, 0.25) is 0 Å². The SMILES string of the molecule is COC(=O)CCc1c(COc2ccc(Cl)cc2)n(C)c2ccccc12.Cn1c(COc2ccc(Cl)cc2)c(CCC(=O)O)c2ccccc21. The number of fused-ring (bicyclic) bond motifs is 2. The predicted molar refractivity (Wildman–Crippen MR) is 194 cm³/mol. The van der Waals surface area contributed by atoms with Crippen molar-refractivity contribution < 1.29 is 28.9 Å². The summed E-state index contributed by atoms with van der Waals surface area (Å²) in [6.45, 7) is 0.797. The molecule has 0 aliphatic rings. The average molecular weight is 702 g/mol. The summed E-state index contributed by atoms with van der Waals surface area (Å²) in [7, 11) is 5.41. The van der Waals surface area contributed by atoms with Gasteiger partial charge in [-0.3, -0.25) is 9.59 Å². The van der Waals surface area contributed by atoms with Crippen LogP contribution in [0.25, 0.3) is 21.8 Å². The van der Waals surface area contributed by atoms with Crippen LogP contribution >= 0.6 is 23.2 Å². The van der Waals surface area contributed by atoms with Gasteiger partial charge in [-0.25, -0.2) is 0 Å². The molecule has 0 bridgehead atoms. The highest BCUT2D eigenvalue weighted by atomic mass is 35.5. The van der Waals surface area contributed by atoms with Crippen LogP contribution < -0.4 is 9.47 Å². The molecule has 6 aromatic rings. The number of nitrogens with zero attached hydrogens (tertiary/aromatic N) is 2. The maximum atomic E-state index is 11.6. The predicted octanol–water partition coefficient (Wildman–Crippen LogP) is 8.94. The number of rotatable bonds is 12. The molecule has 254 valence electrons. The third kappa shape index (κ3) is 8.76. The largest absolute Gasteiger partial charge is 0.487 e. The zero-order valence-corrected chi connectivity index (χ0v) is 29.1. The Bertz CT molecular complexity index is 2050. The van der Waals surface area contributed by atoms with Gasteiger partial charge in [0, 0.05) is 58.8 Å². The lowest BCUT2D eigenvalue weighted by Crippen LogP contribution is -2.07. The van der Waals surface area contributed by atoms with Crippen molar-refractivity contribution in [3.63, 3.8) is 0 Å². The quantitative estimate of drug-likeness (QED) is 0.128. The second kappa shape index (κ2) is 16.5. The highest BCUT2D eigenvalue weighted by Gasteiger charge is 2.18. The van der Waals surface area contributed by atoms with E-state index in [1.165, 1.54) is 7.11 Å². The van der Waals surface area contributed by atoms with Crippen molar-refractivity contribution in [2.75, 3.05) is 7.11 Å². The Balaban J connectivity index is 0.000000191. The molecule has 0 saturated heterocycles. The third-order valence-electron chi connectivity index (χ3n) is 8.46. The fourth-order valence-corrected chi connectivity index (χ4v) is 6.15. The van der Waals surface area contributed by atoms with Crippen LogP contribution in [0, 0.1) is 0 Å². The Labute approximate surface area is 295 Å². The Kier molecular flexibility index (Phi) is 11.9. The maximum absolute atomic E-state index is 11.6. The number of halogens is 2. The van der Waals surface area contributed by atoms with Crippen LogP contribution in [0.1, 0.15) is 35.4 Å². The first-order valence-electron chi connectivity index (χ1n) is 15.8. The standard InChI is InChI=1S/C20H20ClNO3.C19H18ClNO3/c1-22-18-6-4-3-5-16(18)17(11-12-20(23)24-2)19(22)13-25-15-9-7-14(21)8-10-15;1-21-17-5-3-2-4-15(17)16(10-11-19(22)23)18(21)12-24-14-8-6-13(20)7-9-14/h3-10H,11-13H2,1-2H3;2-9H,10-12H2,1H3,(H,22,23). The van der Waals surface area contributed by atoms with Gasteiger partial charge in [0.1, 0.15) is 24.7 Å². The van der Waals surface area contributed by atoms with Crippen LogP contribution in [0.5, 0.6) is 11.5 Å². The van der Waals surface area contributed by atoms with Crippen molar-refractivity contribution in [2.45, 2.75) is 38.9 Å². The van der Waals surface area contributed by atoms with E-state index in [9.17, 15) is 9.59 Å². The molecule has 0 radical (unpaired) electrons. The first kappa shape index (κ1) is 35.4. The molecule has 0 atom stereocenters. The minimum absolute atomic E-state index is 0.0992. The second-order valence-electron chi connectivity index (χ2n) is 11.5. The molecule has 10 heteroatoms. The Morgan fingerprint density at radius 1 is 0.633 bits per heavy atom. The summed E-state index contributed by atoms with van der Waals surface area (Å²) in [6, 6.07) is 30.7. The number of benzene rings is 4. The molecule has 49 heavy (non-hydrogen) atoms. The van der Waals surface area contributed by atoms with E-state index < -0.39 is 5.97 Å². The van der Waals surface area contributed by atoms with Gasteiger partial charge in [-0.2, -0.15) is 0 Å². The molecule has 2 heterocycles. The summed E-state index contributed by atoms with van der Waals surface area (Å²) in [5, 5.41) is 12.6. The Morgan fingerprint density at radius 2 is 1.04 bits per heavy atom. The molecule has 0 fully saturated rings. The number of aliphatic carboxylic acids is 1. The van der Waals surface area contributed by atoms with Crippen LogP contribution in [0.2, 0.25) is 10.0 Å². The molecule has 0 unspecified atom stereocenters. The highest BCUT2D eigenvalue weighted by molar-refractivity contribution is 6.30. The topological polar surface area (TPSA) is 91.9 Å². The lowest BCUT2D eigenvalue weighted by atomic mass is 10.1. The molecule has 6 rings (SSSR count). The molecule has 1 N–H and O–H groups in total. The van der Waals surface area contributed by atoms with Gasteiger partial charge in [-0.05, 0) is 84.6 Å². The summed E-state index contributed by atoms with van der Waals surface area (Å²) in [5.41, 5.74) is 6.40. The molecule has 0 amide bonds. The Morgan fingerprint density at radius 3 is 1.45 bits per heavy atom. The van der Waals surface area contributed by atoms with Crippen LogP contribution in [-0.2, 0) is 54.5 Å². The van der Waals surface area contributed by atoms with Gasteiger partial charge in [-0.15, -0.1) is 0 Å². The molecule has 0 saturated carbocycles.